The minimum atomic E-state index is -0.279. The van der Waals surface area contributed by atoms with E-state index in [1.807, 2.05) is 18.2 Å². The molecule has 3 aromatic rings. The first-order valence-electron chi connectivity index (χ1n) is 8.99. The van der Waals surface area contributed by atoms with Gasteiger partial charge in [0.05, 0.1) is 0 Å². The van der Waals surface area contributed by atoms with Gasteiger partial charge in [-0.2, -0.15) is 9.36 Å². The molecule has 4 rings (SSSR count). The Morgan fingerprint density at radius 1 is 0.926 bits per heavy atom. The first-order chi connectivity index (χ1) is 13.2. The summed E-state index contributed by atoms with van der Waals surface area (Å²) in [6.07, 6.45) is 0.919. The third kappa shape index (κ3) is 4.48. The van der Waals surface area contributed by atoms with E-state index in [-0.39, 0.29) is 11.6 Å². The molecule has 0 radical (unpaired) electrons. The topological polar surface area (TPSA) is 32.3 Å². The SMILES string of the molecule is Fc1ccc(CCN2CCN(c3nc(-c4cccc(F)c4)ns3)CC2)cc1. The molecule has 1 aliphatic heterocycles. The van der Waals surface area contributed by atoms with Crippen molar-refractivity contribution < 1.29 is 8.78 Å². The second-order valence-electron chi connectivity index (χ2n) is 6.62. The second kappa shape index (κ2) is 8.10. The number of nitrogens with zero attached hydrogens (tertiary/aromatic N) is 4. The molecule has 7 heteroatoms. The number of aromatic nitrogens is 2. The average Bonchev–Trinajstić information content (AvgIpc) is 3.18. The maximum absolute atomic E-state index is 13.4. The molecule has 0 aliphatic carbocycles. The number of rotatable bonds is 5. The Labute approximate surface area is 161 Å². The fourth-order valence-corrected chi connectivity index (χ4v) is 3.93. The van der Waals surface area contributed by atoms with Gasteiger partial charge in [-0.05, 0) is 36.2 Å². The molecule has 0 unspecified atom stereocenters. The summed E-state index contributed by atoms with van der Waals surface area (Å²) in [7, 11) is 0. The van der Waals surface area contributed by atoms with E-state index in [2.05, 4.69) is 19.2 Å². The van der Waals surface area contributed by atoms with Crippen molar-refractivity contribution in [2.24, 2.45) is 0 Å². The lowest BCUT2D eigenvalue weighted by atomic mass is 10.1. The van der Waals surface area contributed by atoms with Crippen LogP contribution in [0, 0.1) is 11.6 Å². The summed E-state index contributed by atoms with van der Waals surface area (Å²) in [6.45, 7) is 4.65. The lowest BCUT2D eigenvalue weighted by molar-refractivity contribution is 0.261. The van der Waals surface area contributed by atoms with Crippen molar-refractivity contribution in [3.05, 3.63) is 65.7 Å². The lowest BCUT2D eigenvalue weighted by Crippen LogP contribution is -2.47. The maximum atomic E-state index is 13.4. The van der Waals surface area contributed by atoms with Crippen molar-refractivity contribution in [3.63, 3.8) is 0 Å². The van der Waals surface area contributed by atoms with Crippen molar-refractivity contribution >= 4 is 16.7 Å². The van der Waals surface area contributed by atoms with Gasteiger partial charge in [0.1, 0.15) is 11.6 Å². The van der Waals surface area contributed by atoms with Crippen LogP contribution < -0.4 is 4.90 Å². The Balaban J connectivity index is 1.31. The highest BCUT2D eigenvalue weighted by Gasteiger charge is 2.20. The molecule has 140 valence electrons. The molecule has 0 saturated carbocycles. The molecule has 1 aromatic heterocycles. The largest absolute Gasteiger partial charge is 0.344 e. The first kappa shape index (κ1) is 18.0. The van der Waals surface area contributed by atoms with Crippen LogP contribution in [-0.2, 0) is 6.42 Å². The van der Waals surface area contributed by atoms with Gasteiger partial charge in [0, 0.05) is 49.8 Å². The molecular weight excluding hydrogens is 366 g/mol. The molecule has 27 heavy (non-hydrogen) atoms. The zero-order valence-electron chi connectivity index (χ0n) is 14.8. The highest BCUT2D eigenvalue weighted by molar-refractivity contribution is 7.09. The van der Waals surface area contributed by atoms with Crippen LogP contribution >= 0.6 is 11.5 Å². The van der Waals surface area contributed by atoms with Crippen LogP contribution in [0.25, 0.3) is 11.4 Å². The lowest BCUT2D eigenvalue weighted by Gasteiger charge is -2.34. The van der Waals surface area contributed by atoms with Crippen LogP contribution in [0.2, 0.25) is 0 Å². The van der Waals surface area contributed by atoms with Crippen LogP contribution in [0.4, 0.5) is 13.9 Å². The highest BCUT2D eigenvalue weighted by Crippen LogP contribution is 2.25. The molecule has 1 aliphatic rings. The minimum Gasteiger partial charge on any atom is -0.344 e. The van der Waals surface area contributed by atoms with Crippen LogP contribution in [0.1, 0.15) is 5.56 Å². The Hall–Kier alpha value is -2.38. The van der Waals surface area contributed by atoms with Gasteiger partial charge >= 0.3 is 0 Å². The normalized spacial score (nSPS) is 15.3. The Bertz CT molecular complexity index is 889. The number of benzene rings is 2. The van der Waals surface area contributed by atoms with E-state index >= 15 is 0 Å². The number of hydrogen-bond donors (Lipinski definition) is 0. The van der Waals surface area contributed by atoms with E-state index in [1.165, 1.54) is 35.8 Å². The Morgan fingerprint density at radius 2 is 1.70 bits per heavy atom. The zero-order valence-corrected chi connectivity index (χ0v) is 15.6. The molecular formula is C20H20F2N4S. The van der Waals surface area contributed by atoms with E-state index in [9.17, 15) is 8.78 Å². The molecule has 0 N–H and O–H groups in total. The van der Waals surface area contributed by atoms with Crippen LogP contribution in [0.15, 0.2) is 48.5 Å². The number of hydrogen-bond acceptors (Lipinski definition) is 5. The molecule has 2 aromatic carbocycles. The van der Waals surface area contributed by atoms with Gasteiger partial charge in [-0.1, -0.05) is 24.3 Å². The third-order valence-electron chi connectivity index (χ3n) is 4.77. The van der Waals surface area contributed by atoms with E-state index in [0.29, 0.717) is 11.4 Å². The number of piperazine rings is 1. The quantitative estimate of drug-likeness (QED) is 0.667. The van der Waals surface area contributed by atoms with Crippen molar-refractivity contribution in [1.29, 1.82) is 0 Å². The monoisotopic (exact) mass is 386 g/mol. The molecule has 1 fully saturated rings. The molecule has 0 spiro atoms. The fourth-order valence-electron chi connectivity index (χ4n) is 3.19. The summed E-state index contributed by atoms with van der Waals surface area (Å²) in [4.78, 5) is 9.23. The van der Waals surface area contributed by atoms with Gasteiger partial charge in [-0.15, -0.1) is 0 Å². The smallest absolute Gasteiger partial charge is 0.205 e. The molecule has 0 atom stereocenters. The Morgan fingerprint density at radius 3 is 2.44 bits per heavy atom. The summed E-state index contributed by atoms with van der Waals surface area (Å²) in [5.74, 6) is 0.105. The summed E-state index contributed by atoms with van der Waals surface area (Å²) in [6, 6.07) is 13.1. The van der Waals surface area contributed by atoms with Crippen molar-refractivity contribution in [2.45, 2.75) is 6.42 Å². The van der Waals surface area contributed by atoms with Gasteiger partial charge in [-0.25, -0.2) is 8.78 Å². The molecule has 4 nitrogen and oxygen atoms in total. The maximum Gasteiger partial charge on any atom is 0.205 e. The number of anilines is 1. The highest BCUT2D eigenvalue weighted by atomic mass is 32.1. The van der Waals surface area contributed by atoms with Crippen molar-refractivity contribution in [3.8, 4) is 11.4 Å². The number of halogens is 2. The molecule has 1 saturated heterocycles. The molecule has 2 heterocycles. The van der Waals surface area contributed by atoms with Gasteiger partial charge in [-0.3, -0.25) is 4.90 Å². The fraction of sp³-hybridized carbons (Fsp3) is 0.300. The predicted molar refractivity (Wildman–Crippen MR) is 104 cm³/mol. The average molecular weight is 386 g/mol. The van der Waals surface area contributed by atoms with E-state index < -0.39 is 0 Å². The summed E-state index contributed by atoms with van der Waals surface area (Å²) in [5.41, 5.74) is 1.86. The van der Waals surface area contributed by atoms with E-state index in [1.54, 1.807) is 6.07 Å². The van der Waals surface area contributed by atoms with Crippen LogP contribution in [0.5, 0.6) is 0 Å². The Kier molecular flexibility index (Phi) is 5.40. The van der Waals surface area contributed by atoms with Crippen LogP contribution in [0.3, 0.4) is 0 Å². The standard InChI is InChI=1S/C20H20F2N4S/c21-17-6-4-15(5-7-17)8-9-25-10-12-26(13-11-25)20-23-19(24-27-20)16-2-1-3-18(22)14-16/h1-7,14H,8-13H2. The molecule has 0 bridgehead atoms. The van der Waals surface area contributed by atoms with Gasteiger partial charge in [0.2, 0.25) is 5.13 Å². The molecule has 0 amide bonds. The zero-order chi connectivity index (χ0) is 18.6. The van der Waals surface area contributed by atoms with Crippen molar-refractivity contribution in [2.75, 3.05) is 37.6 Å². The van der Waals surface area contributed by atoms with Gasteiger partial charge in [0.15, 0.2) is 5.82 Å². The summed E-state index contributed by atoms with van der Waals surface area (Å²) < 4.78 is 30.7. The summed E-state index contributed by atoms with van der Waals surface area (Å²) in [5, 5.41) is 0.882. The predicted octanol–water partition coefficient (Wildman–Crippen LogP) is 3.85. The first-order valence-corrected chi connectivity index (χ1v) is 9.76. The van der Waals surface area contributed by atoms with Gasteiger partial charge < -0.3 is 4.90 Å². The summed E-state index contributed by atoms with van der Waals surface area (Å²) >= 11 is 1.36. The van der Waals surface area contributed by atoms with E-state index in [0.717, 1.165) is 49.8 Å². The van der Waals surface area contributed by atoms with Gasteiger partial charge in [0.25, 0.3) is 0 Å². The van der Waals surface area contributed by atoms with E-state index in [4.69, 9.17) is 0 Å². The minimum absolute atomic E-state index is 0.193. The van der Waals surface area contributed by atoms with Crippen molar-refractivity contribution in [1.82, 2.24) is 14.3 Å². The third-order valence-corrected chi connectivity index (χ3v) is 5.55. The second-order valence-corrected chi connectivity index (χ2v) is 7.35. The van der Waals surface area contributed by atoms with Crippen LogP contribution in [-0.4, -0.2) is 47.0 Å².